The van der Waals surface area contributed by atoms with Crippen LogP contribution in [0.3, 0.4) is 0 Å². The molecule has 0 saturated heterocycles. The minimum atomic E-state index is -4.37. The van der Waals surface area contributed by atoms with Crippen molar-refractivity contribution in [1.29, 1.82) is 0 Å². The van der Waals surface area contributed by atoms with Gasteiger partial charge in [-0.3, -0.25) is 19.2 Å². The molecule has 0 radical (unpaired) electrons. The maximum absolute atomic E-state index is 14.5. The van der Waals surface area contributed by atoms with Crippen molar-refractivity contribution in [3.05, 3.63) is 139 Å². The fraction of sp³-hybridized carbons (Fsp3) is 0.295. The van der Waals surface area contributed by atoms with E-state index in [4.69, 9.17) is 34.8 Å². The maximum atomic E-state index is 14.5. The second-order valence-corrected chi connectivity index (χ2v) is 17.9. The lowest BCUT2D eigenvalue weighted by molar-refractivity contribution is -0.137. The molecular formula is C44H43Cl3N6O7S. The normalized spacial score (nSPS) is 13.5. The highest BCUT2D eigenvalue weighted by Crippen LogP contribution is 2.33. The standard InChI is InChI=1S/C44H43Cl3N6O7S/c1-3-4-18-50(21-17-39(54)55)44(58)41-40(47)27(2)53(48-41)38-13-10-31(24-34(38)43(57)52-20-15-29-7-5-6-8-32(29)26-52)42(56)49-61(59,60)33-11-14-37-30(23-33)16-19-51(37)25-28-9-12-35(45)36(46)22-28/h5-14,22-24H,3-4,15-21,25-26H2,1-2H3,(H,49,56)(H,54,55). The van der Waals surface area contributed by atoms with Crippen molar-refractivity contribution in [3.63, 3.8) is 0 Å². The molecule has 1 aromatic heterocycles. The number of carbonyl (C=O) groups is 4. The number of benzene rings is 4. The van der Waals surface area contributed by atoms with Crippen molar-refractivity contribution in [2.24, 2.45) is 0 Å². The Balaban J connectivity index is 1.19. The van der Waals surface area contributed by atoms with Gasteiger partial charge in [-0.1, -0.05) is 78.5 Å². The van der Waals surface area contributed by atoms with Crippen LogP contribution in [-0.4, -0.2) is 83.0 Å². The zero-order valence-corrected chi connectivity index (χ0v) is 36.5. The molecule has 2 N–H and O–H groups in total. The summed E-state index contributed by atoms with van der Waals surface area (Å²) in [6.45, 7) is 5.68. The molecule has 17 heteroatoms. The molecule has 0 unspecified atom stereocenters. The fourth-order valence-electron chi connectivity index (χ4n) is 7.65. The number of halogens is 3. The molecule has 4 aromatic carbocycles. The Kier molecular flexibility index (Phi) is 13.1. The molecular weight excluding hydrogens is 863 g/mol. The summed E-state index contributed by atoms with van der Waals surface area (Å²) < 4.78 is 31.0. The van der Waals surface area contributed by atoms with Gasteiger partial charge in [0.1, 0.15) is 0 Å². The van der Waals surface area contributed by atoms with Crippen LogP contribution in [0.2, 0.25) is 15.1 Å². The second-order valence-electron chi connectivity index (χ2n) is 15.1. The van der Waals surface area contributed by atoms with Crippen LogP contribution in [0.5, 0.6) is 0 Å². The number of rotatable bonds is 14. The number of amides is 3. The topological polar surface area (TPSA) is 162 Å². The lowest BCUT2D eigenvalue weighted by Gasteiger charge is -2.29. The van der Waals surface area contributed by atoms with Crippen LogP contribution in [0, 0.1) is 6.92 Å². The van der Waals surface area contributed by atoms with Gasteiger partial charge in [0.2, 0.25) is 0 Å². The molecule has 0 fully saturated rings. The number of anilines is 1. The molecule has 61 heavy (non-hydrogen) atoms. The Bertz CT molecular complexity index is 2670. The smallest absolute Gasteiger partial charge is 0.305 e. The van der Waals surface area contributed by atoms with Crippen molar-refractivity contribution in [2.45, 2.75) is 63.9 Å². The number of hydrogen-bond donors (Lipinski definition) is 2. The molecule has 2 aliphatic rings. The van der Waals surface area contributed by atoms with Gasteiger partial charge in [-0.15, -0.1) is 0 Å². The van der Waals surface area contributed by atoms with Gasteiger partial charge < -0.3 is 19.8 Å². The molecule has 0 spiro atoms. The molecule has 5 aromatic rings. The van der Waals surface area contributed by atoms with Crippen LogP contribution in [-0.2, 0) is 40.7 Å². The third kappa shape index (κ3) is 9.42. The molecule has 13 nitrogen and oxygen atoms in total. The fourth-order valence-corrected chi connectivity index (χ4v) is 9.19. The van der Waals surface area contributed by atoms with Gasteiger partial charge in [0.05, 0.1) is 43.3 Å². The summed E-state index contributed by atoms with van der Waals surface area (Å²) >= 11 is 19.1. The van der Waals surface area contributed by atoms with E-state index in [1.165, 1.54) is 33.8 Å². The number of nitrogens with zero attached hydrogens (tertiary/aromatic N) is 5. The highest BCUT2D eigenvalue weighted by Gasteiger charge is 2.31. The zero-order chi connectivity index (χ0) is 43.6. The van der Waals surface area contributed by atoms with Crippen molar-refractivity contribution in [2.75, 3.05) is 31.1 Å². The van der Waals surface area contributed by atoms with Crippen molar-refractivity contribution < 1.29 is 32.7 Å². The number of sulfonamides is 1. The lowest BCUT2D eigenvalue weighted by Crippen LogP contribution is -2.37. The molecule has 0 aliphatic carbocycles. The largest absolute Gasteiger partial charge is 0.481 e. The van der Waals surface area contributed by atoms with Crippen LogP contribution in [0.25, 0.3) is 5.69 Å². The van der Waals surface area contributed by atoms with E-state index in [-0.39, 0.29) is 45.4 Å². The highest BCUT2D eigenvalue weighted by molar-refractivity contribution is 7.90. The maximum Gasteiger partial charge on any atom is 0.305 e. The monoisotopic (exact) mass is 904 g/mol. The van der Waals surface area contributed by atoms with E-state index in [9.17, 15) is 32.7 Å². The molecule has 0 bridgehead atoms. The zero-order valence-electron chi connectivity index (χ0n) is 33.5. The molecule has 7 rings (SSSR count). The van der Waals surface area contributed by atoms with Crippen molar-refractivity contribution >= 4 is 74.2 Å². The second kappa shape index (κ2) is 18.3. The molecule has 0 atom stereocenters. The summed E-state index contributed by atoms with van der Waals surface area (Å²) in [7, 11) is -4.37. The lowest BCUT2D eigenvalue weighted by atomic mass is 9.98. The van der Waals surface area contributed by atoms with E-state index in [2.05, 4.69) is 14.7 Å². The van der Waals surface area contributed by atoms with E-state index in [1.807, 2.05) is 37.3 Å². The Morgan fingerprint density at radius 3 is 2.33 bits per heavy atom. The van der Waals surface area contributed by atoms with Crippen molar-refractivity contribution in [3.8, 4) is 5.69 Å². The average Bonchev–Trinajstić information content (AvgIpc) is 3.79. The van der Waals surface area contributed by atoms with Gasteiger partial charge in [-0.05, 0) is 97.0 Å². The highest BCUT2D eigenvalue weighted by atomic mass is 35.5. The molecule has 3 heterocycles. The molecule has 318 valence electrons. The summed E-state index contributed by atoms with van der Waals surface area (Å²) in [4.78, 5) is 58.6. The Hall–Kier alpha value is -5.41. The number of hydrogen-bond acceptors (Lipinski definition) is 8. The van der Waals surface area contributed by atoms with Gasteiger partial charge in [0.15, 0.2) is 5.69 Å². The van der Waals surface area contributed by atoms with Crippen LogP contribution in [0.15, 0.2) is 83.8 Å². The van der Waals surface area contributed by atoms with Crippen molar-refractivity contribution in [1.82, 2.24) is 24.3 Å². The van der Waals surface area contributed by atoms with Gasteiger partial charge in [0.25, 0.3) is 27.7 Å². The van der Waals surface area contributed by atoms with Crippen LogP contribution in [0.1, 0.15) is 85.3 Å². The third-order valence-corrected chi connectivity index (χ3v) is 13.5. The molecule has 2 aliphatic heterocycles. The number of aliphatic carboxylic acids is 1. The summed E-state index contributed by atoms with van der Waals surface area (Å²) in [5.41, 5.74) is 5.03. The predicted molar refractivity (Wildman–Crippen MR) is 234 cm³/mol. The number of nitrogens with one attached hydrogen (secondary N) is 1. The quantitative estimate of drug-likeness (QED) is 0.114. The average molecular weight is 906 g/mol. The summed E-state index contributed by atoms with van der Waals surface area (Å²) in [5.74, 6) is -3.02. The first-order chi connectivity index (χ1) is 29.1. The van der Waals surface area contributed by atoms with Gasteiger partial charge in [-0.25, -0.2) is 17.8 Å². The van der Waals surface area contributed by atoms with E-state index in [0.29, 0.717) is 67.7 Å². The Morgan fingerprint density at radius 2 is 1.59 bits per heavy atom. The van der Waals surface area contributed by atoms with E-state index >= 15 is 0 Å². The number of carboxylic acid groups (broad SMARTS) is 1. The minimum absolute atomic E-state index is 0.0203. The first-order valence-electron chi connectivity index (χ1n) is 19.8. The van der Waals surface area contributed by atoms with Crippen LogP contribution >= 0.6 is 34.8 Å². The number of fused-ring (bicyclic) bond motifs is 2. The van der Waals surface area contributed by atoms with Gasteiger partial charge in [-0.2, -0.15) is 5.10 Å². The van der Waals surface area contributed by atoms with Gasteiger partial charge >= 0.3 is 5.97 Å². The summed E-state index contributed by atoms with van der Waals surface area (Å²) in [5, 5.41) is 14.8. The van der Waals surface area contributed by atoms with E-state index in [1.54, 1.807) is 36.1 Å². The minimum Gasteiger partial charge on any atom is -0.481 e. The first kappa shape index (κ1) is 43.7. The number of unbranched alkanes of at least 4 members (excludes halogenated alkanes) is 1. The summed E-state index contributed by atoms with van der Waals surface area (Å²) in [6.07, 6.45) is 2.31. The Labute approximate surface area is 368 Å². The predicted octanol–water partition coefficient (Wildman–Crippen LogP) is 7.74. The van der Waals surface area contributed by atoms with Crippen LogP contribution < -0.4 is 9.62 Å². The third-order valence-electron chi connectivity index (χ3n) is 11.0. The van der Waals surface area contributed by atoms with E-state index in [0.717, 1.165) is 34.4 Å². The number of carboxylic acids is 1. The summed E-state index contributed by atoms with van der Waals surface area (Å²) in [6, 6.07) is 22.1. The number of carbonyl (C=O) groups excluding carboxylic acids is 3. The van der Waals surface area contributed by atoms with Gasteiger partial charge in [0, 0.05) is 50.5 Å². The Morgan fingerprint density at radius 1 is 0.852 bits per heavy atom. The van der Waals surface area contributed by atoms with Crippen LogP contribution in [0.4, 0.5) is 5.69 Å². The molecule has 0 saturated carbocycles. The van der Waals surface area contributed by atoms with E-state index < -0.39 is 33.7 Å². The molecule has 3 amide bonds. The number of aromatic nitrogens is 2. The first-order valence-corrected chi connectivity index (χ1v) is 22.4. The SMILES string of the molecule is CCCCN(CCC(=O)O)C(=O)c1nn(-c2ccc(C(=O)NS(=O)(=O)c3ccc4c(c3)CCN4Cc3ccc(Cl)c(Cl)c3)cc2C(=O)N2CCc3ccccc3C2)c(C)c1Cl.